The smallest absolute Gasteiger partial charge is 0.246 e. The number of rotatable bonds is 2. The Morgan fingerprint density at radius 2 is 1.90 bits per heavy atom. The second-order valence-corrected chi connectivity index (χ2v) is 5.89. The molecule has 0 saturated carbocycles. The van der Waals surface area contributed by atoms with Gasteiger partial charge in [0.15, 0.2) is 0 Å². The molecule has 4 nitrogen and oxygen atoms in total. The van der Waals surface area contributed by atoms with Crippen LogP contribution in [0.25, 0.3) is 0 Å². The molecule has 2 heterocycles. The molecule has 2 atom stereocenters. The van der Waals surface area contributed by atoms with E-state index in [1.54, 1.807) is 21.9 Å². The molecular formula is C15H17ClN2O2. The maximum atomic E-state index is 12.5. The third-order valence-electron chi connectivity index (χ3n) is 4.20. The van der Waals surface area contributed by atoms with Crippen LogP contribution in [-0.2, 0) is 16.1 Å². The Kier molecular flexibility index (Phi) is 3.42. The Bertz CT molecular complexity index is 543. The lowest BCUT2D eigenvalue weighted by Gasteiger charge is -2.41. The van der Waals surface area contributed by atoms with E-state index in [-0.39, 0.29) is 23.9 Å². The number of benzene rings is 1. The van der Waals surface area contributed by atoms with Gasteiger partial charge in [0.1, 0.15) is 12.1 Å². The zero-order chi connectivity index (χ0) is 14.3. The summed E-state index contributed by atoms with van der Waals surface area (Å²) >= 11 is 5.87. The molecule has 0 radical (unpaired) electrons. The van der Waals surface area contributed by atoms with Gasteiger partial charge in [-0.15, -0.1) is 0 Å². The van der Waals surface area contributed by atoms with Crippen LogP contribution >= 0.6 is 11.6 Å². The fourth-order valence-corrected chi connectivity index (χ4v) is 3.17. The number of amides is 2. The summed E-state index contributed by atoms with van der Waals surface area (Å²) in [4.78, 5) is 28.3. The zero-order valence-corrected chi connectivity index (χ0v) is 12.1. The minimum atomic E-state index is -0.382. The molecule has 0 spiro atoms. The molecule has 20 heavy (non-hydrogen) atoms. The van der Waals surface area contributed by atoms with Crippen molar-refractivity contribution in [3.8, 4) is 0 Å². The van der Waals surface area contributed by atoms with Crippen LogP contribution in [0.2, 0.25) is 5.02 Å². The highest BCUT2D eigenvalue weighted by Gasteiger charge is 2.45. The van der Waals surface area contributed by atoms with Gasteiger partial charge in [0.2, 0.25) is 11.8 Å². The van der Waals surface area contributed by atoms with Gasteiger partial charge in [-0.05, 0) is 37.5 Å². The normalized spacial score (nSPS) is 26.1. The van der Waals surface area contributed by atoms with Crippen molar-refractivity contribution in [2.24, 2.45) is 0 Å². The maximum Gasteiger partial charge on any atom is 0.246 e. The summed E-state index contributed by atoms with van der Waals surface area (Å²) in [7, 11) is 0. The van der Waals surface area contributed by atoms with Crippen LogP contribution in [0, 0.1) is 0 Å². The Labute approximate surface area is 123 Å². The largest absolute Gasteiger partial charge is 0.329 e. The van der Waals surface area contributed by atoms with E-state index < -0.39 is 0 Å². The molecule has 2 fully saturated rings. The number of hydrogen-bond acceptors (Lipinski definition) is 2. The fourth-order valence-electron chi connectivity index (χ4n) is 3.04. The molecule has 2 aliphatic rings. The second-order valence-electron chi connectivity index (χ2n) is 5.46. The van der Waals surface area contributed by atoms with Crippen molar-refractivity contribution in [3.05, 3.63) is 34.9 Å². The SMILES string of the molecule is CC1C(=O)N2CCCC2C(=O)N1Cc1ccc(Cl)cc1. The Hall–Kier alpha value is -1.55. The third kappa shape index (κ3) is 2.18. The average Bonchev–Trinajstić information content (AvgIpc) is 2.93. The predicted octanol–water partition coefficient (Wildman–Crippen LogP) is 2.06. The van der Waals surface area contributed by atoms with Crippen molar-refractivity contribution in [2.45, 2.75) is 38.4 Å². The van der Waals surface area contributed by atoms with Crippen LogP contribution < -0.4 is 0 Å². The van der Waals surface area contributed by atoms with E-state index in [2.05, 4.69) is 0 Å². The summed E-state index contributed by atoms with van der Waals surface area (Å²) in [6, 6.07) is 6.78. The summed E-state index contributed by atoms with van der Waals surface area (Å²) in [6.07, 6.45) is 1.71. The number of carbonyl (C=O) groups excluding carboxylic acids is 2. The third-order valence-corrected chi connectivity index (χ3v) is 4.45. The summed E-state index contributed by atoms with van der Waals surface area (Å²) in [6.45, 7) is 2.99. The van der Waals surface area contributed by atoms with Crippen LogP contribution in [0.5, 0.6) is 0 Å². The lowest BCUT2D eigenvalue weighted by molar-refractivity contribution is -0.159. The van der Waals surface area contributed by atoms with E-state index in [4.69, 9.17) is 11.6 Å². The van der Waals surface area contributed by atoms with Gasteiger partial charge >= 0.3 is 0 Å². The number of piperazine rings is 1. The highest BCUT2D eigenvalue weighted by atomic mass is 35.5. The average molecular weight is 293 g/mol. The van der Waals surface area contributed by atoms with Crippen molar-refractivity contribution in [1.82, 2.24) is 9.80 Å². The monoisotopic (exact) mass is 292 g/mol. The minimum Gasteiger partial charge on any atom is -0.329 e. The number of fused-ring (bicyclic) bond motifs is 1. The fraction of sp³-hybridized carbons (Fsp3) is 0.467. The molecule has 1 aromatic carbocycles. The molecule has 0 N–H and O–H groups in total. The van der Waals surface area contributed by atoms with E-state index in [0.717, 1.165) is 18.4 Å². The molecule has 0 aromatic heterocycles. The molecular weight excluding hydrogens is 276 g/mol. The van der Waals surface area contributed by atoms with Crippen LogP contribution in [0.1, 0.15) is 25.3 Å². The van der Waals surface area contributed by atoms with Gasteiger partial charge in [-0.25, -0.2) is 0 Å². The molecule has 3 rings (SSSR count). The Morgan fingerprint density at radius 1 is 1.20 bits per heavy atom. The molecule has 2 unspecified atom stereocenters. The molecule has 0 bridgehead atoms. The lowest BCUT2D eigenvalue weighted by atomic mass is 10.0. The first-order chi connectivity index (χ1) is 9.58. The van der Waals surface area contributed by atoms with Gasteiger partial charge < -0.3 is 9.80 Å². The number of nitrogens with zero attached hydrogens (tertiary/aromatic N) is 2. The van der Waals surface area contributed by atoms with Crippen molar-refractivity contribution in [2.75, 3.05) is 6.54 Å². The van der Waals surface area contributed by atoms with Gasteiger partial charge in [-0.2, -0.15) is 0 Å². The molecule has 0 aliphatic carbocycles. The van der Waals surface area contributed by atoms with E-state index in [9.17, 15) is 9.59 Å². The predicted molar refractivity (Wildman–Crippen MR) is 76.2 cm³/mol. The molecule has 1 aromatic rings. The topological polar surface area (TPSA) is 40.6 Å². The first kappa shape index (κ1) is 13.4. The van der Waals surface area contributed by atoms with Gasteiger partial charge in [-0.3, -0.25) is 9.59 Å². The van der Waals surface area contributed by atoms with E-state index in [1.165, 1.54) is 0 Å². The molecule has 106 valence electrons. The minimum absolute atomic E-state index is 0.0704. The molecule has 2 aliphatic heterocycles. The van der Waals surface area contributed by atoms with E-state index in [0.29, 0.717) is 18.1 Å². The first-order valence-electron chi connectivity index (χ1n) is 6.93. The molecule has 2 amide bonds. The molecule has 5 heteroatoms. The Balaban J connectivity index is 1.82. The number of carbonyl (C=O) groups is 2. The van der Waals surface area contributed by atoms with E-state index >= 15 is 0 Å². The van der Waals surface area contributed by atoms with Crippen molar-refractivity contribution in [3.63, 3.8) is 0 Å². The summed E-state index contributed by atoms with van der Waals surface area (Å²) in [5, 5.41) is 0.671. The number of halogens is 1. The van der Waals surface area contributed by atoms with Gasteiger partial charge in [0, 0.05) is 18.1 Å². The van der Waals surface area contributed by atoms with Gasteiger partial charge in [-0.1, -0.05) is 23.7 Å². The number of hydrogen-bond donors (Lipinski definition) is 0. The van der Waals surface area contributed by atoms with Crippen LogP contribution in [0.15, 0.2) is 24.3 Å². The zero-order valence-electron chi connectivity index (χ0n) is 11.4. The van der Waals surface area contributed by atoms with Crippen molar-refractivity contribution in [1.29, 1.82) is 0 Å². The highest BCUT2D eigenvalue weighted by molar-refractivity contribution is 6.30. The van der Waals surface area contributed by atoms with Crippen molar-refractivity contribution < 1.29 is 9.59 Å². The maximum absolute atomic E-state index is 12.5. The van der Waals surface area contributed by atoms with E-state index in [1.807, 2.05) is 19.1 Å². The Morgan fingerprint density at radius 3 is 2.60 bits per heavy atom. The summed E-state index contributed by atoms with van der Waals surface area (Å²) in [5.41, 5.74) is 0.994. The summed E-state index contributed by atoms with van der Waals surface area (Å²) in [5.74, 6) is 0.144. The second kappa shape index (κ2) is 5.09. The van der Waals surface area contributed by atoms with Gasteiger partial charge in [0.25, 0.3) is 0 Å². The van der Waals surface area contributed by atoms with Crippen LogP contribution in [0.4, 0.5) is 0 Å². The molecule has 2 saturated heterocycles. The van der Waals surface area contributed by atoms with Gasteiger partial charge in [0.05, 0.1) is 0 Å². The standard InChI is InChI=1S/C15H17ClN2O2/c1-10-14(19)17-8-2-3-13(17)15(20)18(10)9-11-4-6-12(16)7-5-11/h4-7,10,13H,2-3,8-9H2,1H3. The van der Waals surface area contributed by atoms with Crippen LogP contribution in [-0.4, -0.2) is 40.2 Å². The van der Waals surface area contributed by atoms with Crippen LogP contribution in [0.3, 0.4) is 0 Å². The highest BCUT2D eigenvalue weighted by Crippen LogP contribution is 2.28. The van der Waals surface area contributed by atoms with Crippen molar-refractivity contribution >= 4 is 23.4 Å². The quantitative estimate of drug-likeness (QED) is 0.837. The lowest BCUT2D eigenvalue weighted by Crippen LogP contribution is -2.61. The first-order valence-corrected chi connectivity index (χ1v) is 7.31. The summed E-state index contributed by atoms with van der Waals surface area (Å²) < 4.78 is 0.